The fraction of sp³-hybridized carbons (Fsp3) is 0.429. The van der Waals surface area contributed by atoms with Crippen LogP contribution in [0.4, 0.5) is 28.9 Å². The molecule has 0 unspecified atom stereocenters. The van der Waals surface area contributed by atoms with Gasteiger partial charge in [0.1, 0.15) is 19.0 Å². The third-order valence-electron chi connectivity index (χ3n) is 8.96. The van der Waals surface area contributed by atoms with Crippen LogP contribution in [-0.2, 0) is 33.2 Å². The lowest BCUT2D eigenvalue weighted by molar-refractivity contribution is -0.441. The Balaban J connectivity index is 1.59. The van der Waals surface area contributed by atoms with Gasteiger partial charge >= 0.3 is 6.18 Å². The first-order valence-electron chi connectivity index (χ1n) is 14.8. The Kier molecular flexibility index (Phi) is 7.94. The minimum absolute atomic E-state index is 0.106. The maximum absolute atomic E-state index is 13.6. The average Bonchev–Trinajstić information content (AvgIpc) is 3.29. The number of methoxy groups -OCH3 is 1. The number of alkyl halides is 4. The van der Waals surface area contributed by atoms with E-state index in [1.165, 1.54) is 6.07 Å². The van der Waals surface area contributed by atoms with Gasteiger partial charge in [-0.05, 0) is 55.2 Å². The summed E-state index contributed by atoms with van der Waals surface area (Å²) in [5.41, 5.74) is 3.08. The normalized spacial score (nSPS) is 20.7. The van der Waals surface area contributed by atoms with Crippen LogP contribution < -0.4 is 4.90 Å². The summed E-state index contributed by atoms with van der Waals surface area (Å²) in [6, 6.07) is 9.21. The van der Waals surface area contributed by atoms with Crippen LogP contribution in [0.25, 0.3) is 0 Å². The molecule has 0 bridgehead atoms. The number of nitrogens with zero attached hydrogens (tertiary/aromatic N) is 2. The van der Waals surface area contributed by atoms with Crippen LogP contribution in [0.1, 0.15) is 63.8 Å². The van der Waals surface area contributed by atoms with Crippen molar-refractivity contribution in [2.24, 2.45) is 5.92 Å². The van der Waals surface area contributed by atoms with Crippen molar-refractivity contribution in [2.45, 2.75) is 65.2 Å². The Hall–Kier alpha value is -3.72. The minimum atomic E-state index is -4.50. The van der Waals surface area contributed by atoms with Gasteiger partial charge in [0.2, 0.25) is 11.5 Å². The van der Waals surface area contributed by atoms with E-state index >= 15 is 0 Å². The largest absolute Gasteiger partial charge is 0.506 e. The van der Waals surface area contributed by atoms with E-state index < -0.39 is 29.2 Å². The Morgan fingerprint density at radius 3 is 2.32 bits per heavy atom. The molecule has 2 heterocycles. The minimum Gasteiger partial charge on any atom is -0.506 e. The molecular weight excluding hydrogens is 572 g/mol. The monoisotopic (exact) mass is 611 g/mol. The Labute approximate surface area is 255 Å². The molecule has 3 aliphatic rings. The average molecular weight is 612 g/mol. The van der Waals surface area contributed by atoms with Crippen molar-refractivity contribution in [1.82, 2.24) is 0 Å². The van der Waals surface area contributed by atoms with Crippen LogP contribution in [0.15, 0.2) is 71.2 Å². The Morgan fingerprint density at radius 2 is 1.73 bits per heavy atom. The van der Waals surface area contributed by atoms with Crippen LogP contribution in [0.5, 0.6) is 0 Å². The Bertz CT molecular complexity index is 1660. The summed E-state index contributed by atoms with van der Waals surface area (Å²) < 4.78 is 61.5. The summed E-state index contributed by atoms with van der Waals surface area (Å²) in [5, 5.41) is 11.3. The lowest BCUT2D eigenvalue weighted by atomic mass is 9.77. The lowest BCUT2D eigenvalue weighted by Gasteiger charge is -2.30. The number of ketones is 1. The zero-order valence-electron chi connectivity index (χ0n) is 26.2. The number of ether oxygens (including phenoxy) is 1. The molecule has 0 spiro atoms. The molecule has 2 aliphatic heterocycles. The van der Waals surface area contributed by atoms with Gasteiger partial charge < -0.3 is 14.7 Å². The molecule has 5 rings (SSSR count). The second-order valence-electron chi connectivity index (χ2n) is 13.2. The molecule has 2 aromatic rings. The van der Waals surface area contributed by atoms with Crippen LogP contribution in [0.3, 0.4) is 0 Å². The number of hydrogen-bond donors (Lipinski definition) is 1. The highest BCUT2D eigenvalue weighted by Crippen LogP contribution is 2.50. The molecular formula is C35H39F4N2O3+. The van der Waals surface area contributed by atoms with E-state index in [-0.39, 0.29) is 28.6 Å². The first kappa shape index (κ1) is 31.7. The van der Waals surface area contributed by atoms with Crippen LogP contribution in [0.2, 0.25) is 0 Å². The molecule has 5 nitrogen and oxygen atoms in total. The summed E-state index contributed by atoms with van der Waals surface area (Å²) in [5.74, 6) is -0.225. The molecule has 1 aliphatic carbocycles. The molecule has 44 heavy (non-hydrogen) atoms. The third kappa shape index (κ3) is 5.09. The molecule has 9 heteroatoms. The number of aliphatic hydroxyl groups excluding tert-OH is 1. The van der Waals surface area contributed by atoms with E-state index in [4.69, 9.17) is 4.74 Å². The number of anilines is 1. The molecule has 0 atom stereocenters. The van der Waals surface area contributed by atoms with Gasteiger partial charge in [-0.3, -0.25) is 4.79 Å². The van der Waals surface area contributed by atoms with Crippen LogP contribution in [-0.4, -0.2) is 48.0 Å². The molecule has 0 saturated heterocycles. The number of rotatable bonds is 8. The predicted molar refractivity (Wildman–Crippen MR) is 163 cm³/mol. The van der Waals surface area contributed by atoms with Gasteiger partial charge in [-0.1, -0.05) is 39.8 Å². The van der Waals surface area contributed by atoms with E-state index in [0.717, 1.165) is 29.1 Å². The number of halogens is 4. The quantitative estimate of drug-likeness (QED) is 0.188. The van der Waals surface area contributed by atoms with Gasteiger partial charge in [0.25, 0.3) is 0 Å². The first-order valence-corrected chi connectivity index (χ1v) is 14.8. The van der Waals surface area contributed by atoms with E-state index in [1.54, 1.807) is 25.3 Å². The van der Waals surface area contributed by atoms with E-state index in [1.807, 2.05) is 44.4 Å². The fourth-order valence-corrected chi connectivity index (χ4v) is 6.55. The SMILES string of the molecule is COCC[N+]1=C(/C=C2/C(=O)C(/C=C3\N(CC(C)C)c4ccc(CF)cc4C3(C)C)=C2O)C(C)(C)c2cc(C(F)(F)F)ccc21. The molecule has 1 N–H and O–H groups in total. The smallest absolute Gasteiger partial charge is 0.416 e. The molecule has 234 valence electrons. The molecule has 0 aromatic heterocycles. The summed E-state index contributed by atoms with van der Waals surface area (Å²) >= 11 is 0. The standard InChI is InChI=1S/C35H38F4N2O3/c1-20(2)19-41-28-10-8-21(18-36)14-25(28)33(3,4)30(41)17-24-31(42)23(32(24)43)16-29-34(5,6)26-15-22(35(37,38)39)9-11-27(26)40(29)12-13-44-7/h8-11,14-17,20H,12-13,18-19H2,1-7H3/p+1. The first-order chi connectivity index (χ1) is 20.5. The zero-order chi connectivity index (χ0) is 32.4. The fourth-order valence-electron chi connectivity index (χ4n) is 6.55. The number of hydrogen-bond acceptors (Lipinski definition) is 4. The zero-order valence-corrected chi connectivity index (χ0v) is 26.2. The summed E-state index contributed by atoms with van der Waals surface area (Å²) in [7, 11) is 1.54. The van der Waals surface area contributed by atoms with E-state index in [2.05, 4.69) is 18.7 Å². The van der Waals surface area contributed by atoms with Crippen molar-refractivity contribution in [2.75, 3.05) is 31.7 Å². The van der Waals surface area contributed by atoms with Crippen molar-refractivity contribution < 1.29 is 36.8 Å². The highest BCUT2D eigenvalue weighted by molar-refractivity contribution is 6.24. The predicted octanol–water partition coefficient (Wildman–Crippen LogP) is 7.86. The number of Topliss-reactive ketones (excluding diaryl/α,β-unsaturated/α-hetero) is 1. The molecule has 0 saturated carbocycles. The molecule has 2 aromatic carbocycles. The number of benzene rings is 2. The number of carbonyl (C=O) groups is 1. The van der Waals surface area contributed by atoms with Gasteiger partial charge in [0.15, 0.2) is 12.3 Å². The van der Waals surface area contributed by atoms with E-state index in [0.29, 0.717) is 42.2 Å². The number of carbonyl (C=O) groups excluding carboxylic acids is 1. The second-order valence-corrected chi connectivity index (χ2v) is 13.2. The van der Waals surface area contributed by atoms with Gasteiger partial charge in [0, 0.05) is 48.2 Å². The van der Waals surface area contributed by atoms with Gasteiger partial charge in [-0.25, -0.2) is 4.39 Å². The topological polar surface area (TPSA) is 52.8 Å². The lowest BCUT2D eigenvalue weighted by Crippen LogP contribution is -2.33. The van der Waals surface area contributed by atoms with E-state index in [9.17, 15) is 27.5 Å². The summed E-state index contributed by atoms with van der Waals surface area (Å²) in [6.07, 6.45) is -1.18. The summed E-state index contributed by atoms with van der Waals surface area (Å²) in [4.78, 5) is 15.8. The van der Waals surface area contributed by atoms with Crippen molar-refractivity contribution in [3.05, 3.63) is 93.4 Å². The van der Waals surface area contributed by atoms with Gasteiger partial charge in [0.05, 0.1) is 22.1 Å². The second kappa shape index (κ2) is 11.0. The van der Waals surface area contributed by atoms with Crippen molar-refractivity contribution in [1.29, 1.82) is 0 Å². The molecule has 0 radical (unpaired) electrons. The summed E-state index contributed by atoms with van der Waals surface area (Å²) in [6.45, 7) is 12.6. The molecule has 0 fully saturated rings. The maximum Gasteiger partial charge on any atom is 0.416 e. The molecule has 0 amide bonds. The highest BCUT2D eigenvalue weighted by Gasteiger charge is 2.48. The van der Waals surface area contributed by atoms with Crippen LogP contribution >= 0.6 is 0 Å². The number of fused-ring (bicyclic) bond motifs is 2. The maximum atomic E-state index is 13.6. The van der Waals surface area contributed by atoms with Crippen LogP contribution in [0, 0.1) is 5.92 Å². The Morgan fingerprint density at radius 1 is 1.02 bits per heavy atom. The van der Waals surface area contributed by atoms with Crippen molar-refractivity contribution >= 4 is 22.9 Å². The number of aliphatic hydroxyl groups is 1. The van der Waals surface area contributed by atoms with Crippen molar-refractivity contribution in [3.63, 3.8) is 0 Å². The van der Waals surface area contributed by atoms with Gasteiger partial charge in [-0.2, -0.15) is 17.7 Å². The highest BCUT2D eigenvalue weighted by atomic mass is 19.4. The number of allylic oxidation sites excluding steroid dienone is 5. The third-order valence-corrected chi connectivity index (χ3v) is 8.96. The van der Waals surface area contributed by atoms with Crippen molar-refractivity contribution in [3.8, 4) is 0 Å². The van der Waals surface area contributed by atoms with Gasteiger partial charge in [-0.15, -0.1) is 0 Å².